The van der Waals surface area contributed by atoms with Crippen LogP contribution in [0.3, 0.4) is 0 Å². The molecule has 1 heterocycles. The fourth-order valence-electron chi connectivity index (χ4n) is 2.26. The van der Waals surface area contributed by atoms with Crippen LogP contribution in [0, 0.1) is 0 Å². The van der Waals surface area contributed by atoms with Gasteiger partial charge in [0.1, 0.15) is 48.8 Å². The van der Waals surface area contributed by atoms with Crippen LogP contribution in [0.2, 0.25) is 0 Å². The van der Waals surface area contributed by atoms with E-state index in [0.29, 0.717) is 0 Å². The predicted molar refractivity (Wildman–Crippen MR) is 85.8 cm³/mol. The summed E-state index contributed by atoms with van der Waals surface area (Å²) in [5.41, 5.74) is 0. The molecule has 8 N–H and O–H groups in total. The molecule has 0 amide bonds. The van der Waals surface area contributed by atoms with Crippen molar-refractivity contribution in [1.82, 2.24) is 0 Å². The van der Waals surface area contributed by atoms with Crippen LogP contribution in [0.1, 0.15) is 20.8 Å². The summed E-state index contributed by atoms with van der Waals surface area (Å²) in [6, 6.07) is 0. The number of ketones is 1. The molecular formula is C15H30O11. The molecule has 26 heavy (non-hydrogen) atoms. The molecule has 11 nitrogen and oxygen atoms in total. The molecule has 0 aliphatic carbocycles. The third-order valence-corrected chi connectivity index (χ3v) is 3.78. The summed E-state index contributed by atoms with van der Waals surface area (Å²) in [4.78, 5) is 11.2. The van der Waals surface area contributed by atoms with Gasteiger partial charge in [-0.15, -0.1) is 0 Å². The zero-order valence-corrected chi connectivity index (χ0v) is 14.9. The van der Waals surface area contributed by atoms with Crippen LogP contribution in [-0.2, 0) is 14.3 Å². The van der Waals surface area contributed by atoms with E-state index in [-0.39, 0.29) is 0 Å². The smallest absolute Gasteiger partial charge is 0.187 e. The number of hydrogen-bond acceptors (Lipinski definition) is 11. The van der Waals surface area contributed by atoms with Gasteiger partial charge in [0.15, 0.2) is 12.1 Å². The number of aliphatic hydroxyl groups excluding tert-OH is 8. The lowest BCUT2D eigenvalue weighted by Gasteiger charge is -2.42. The van der Waals surface area contributed by atoms with Gasteiger partial charge in [-0.3, -0.25) is 4.79 Å². The molecule has 0 aromatic rings. The van der Waals surface area contributed by atoms with Gasteiger partial charge in [0.2, 0.25) is 0 Å². The van der Waals surface area contributed by atoms with Crippen molar-refractivity contribution >= 4 is 5.78 Å². The van der Waals surface area contributed by atoms with E-state index in [0.717, 1.165) is 6.92 Å². The molecule has 9 unspecified atom stereocenters. The first-order valence-corrected chi connectivity index (χ1v) is 8.27. The van der Waals surface area contributed by atoms with E-state index >= 15 is 0 Å². The summed E-state index contributed by atoms with van der Waals surface area (Å²) in [6.45, 7) is 3.34. The van der Waals surface area contributed by atoms with E-state index in [1.165, 1.54) is 0 Å². The summed E-state index contributed by atoms with van der Waals surface area (Å²) >= 11 is 0. The van der Waals surface area contributed by atoms with Crippen LogP contribution in [0.4, 0.5) is 0 Å². The van der Waals surface area contributed by atoms with Crippen LogP contribution in [0.5, 0.6) is 0 Å². The molecule has 0 radical (unpaired) electrons. The highest BCUT2D eigenvalue weighted by Crippen LogP contribution is 2.25. The van der Waals surface area contributed by atoms with Crippen molar-refractivity contribution in [2.24, 2.45) is 0 Å². The maximum atomic E-state index is 11.2. The topological polar surface area (TPSA) is 197 Å². The zero-order valence-electron chi connectivity index (χ0n) is 14.9. The maximum Gasteiger partial charge on any atom is 0.187 e. The number of carbonyl (C=O) groups excluding carboxylic acids is 1. The largest absolute Gasteiger partial charge is 0.394 e. The van der Waals surface area contributed by atoms with Crippen LogP contribution >= 0.6 is 0 Å². The van der Waals surface area contributed by atoms with E-state index in [1.807, 2.05) is 13.8 Å². The van der Waals surface area contributed by atoms with Gasteiger partial charge in [-0.05, 0) is 6.92 Å². The van der Waals surface area contributed by atoms with Crippen molar-refractivity contribution in [2.45, 2.75) is 75.9 Å². The van der Waals surface area contributed by atoms with Crippen molar-refractivity contribution in [3.05, 3.63) is 0 Å². The Morgan fingerprint density at radius 3 is 2.00 bits per heavy atom. The Kier molecular flexibility index (Phi) is 11.5. The molecule has 0 bridgehead atoms. The normalized spacial score (nSPS) is 33.4. The van der Waals surface area contributed by atoms with Gasteiger partial charge in [0.25, 0.3) is 0 Å². The summed E-state index contributed by atoms with van der Waals surface area (Å²) in [7, 11) is 0. The molecule has 11 heteroatoms. The first-order chi connectivity index (χ1) is 12.1. The molecule has 0 spiro atoms. The van der Waals surface area contributed by atoms with Crippen molar-refractivity contribution in [3.63, 3.8) is 0 Å². The SMILES string of the molecule is CC.CC(=O)C(O)C(O)C(OC1OC(CO)C(O)C(O)C1O)C(O)CO. The molecule has 156 valence electrons. The fourth-order valence-corrected chi connectivity index (χ4v) is 2.26. The van der Waals surface area contributed by atoms with E-state index in [1.54, 1.807) is 0 Å². The predicted octanol–water partition coefficient (Wildman–Crippen LogP) is -4.14. The van der Waals surface area contributed by atoms with Gasteiger partial charge < -0.3 is 50.3 Å². The average molecular weight is 386 g/mol. The maximum absolute atomic E-state index is 11.2. The molecule has 0 aromatic heterocycles. The van der Waals surface area contributed by atoms with E-state index in [4.69, 9.17) is 19.7 Å². The Hall–Kier alpha value is -0.730. The van der Waals surface area contributed by atoms with Gasteiger partial charge in [-0.1, -0.05) is 13.8 Å². The lowest BCUT2D eigenvalue weighted by atomic mass is 9.98. The Morgan fingerprint density at radius 2 is 1.58 bits per heavy atom. The summed E-state index contributed by atoms with van der Waals surface area (Å²) < 4.78 is 10.2. The summed E-state index contributed by atoms with van der Waals surface area (Å²) in [5, 5.41) is 76.5. The Labute approximate surface area is 151 Å². The molecule has 1 rings (SSSR count). The second-order valence-electron chi connectivity index (χ2n) is 5.59. The molecule has 1 aliphatic heterocycles. The number of aliphatic hydroxyl groups is 8. The van der Waals surface area contributed by atoms with Crippen molar-refractivity contribution in [1.29, 1.82) is 0 Å². The molecule has 9 atom stereocenters. The minimum Gasteiger partial charge on any atom is -0.394 e. The molecule has 1 aliphatic rings. The van der Waals surface area contributed by atoms with Crippen LogP contribution in [0.25, 0.3) is 0 Å². The number of ether oxygens (including phenoxy) is 2. The van der Waals surface area contributed by atoms with Crippen LogP contribution in [0.15, 0.2) is 0 Å². The number of carbonyl (C=O) groups is 1. The van der Waals surface area contributed by atoms with Gasteiger partial charge in [0, 0.05) is 0 Å². The fraction of sp³-hybridized carbons (Fsp3) is 0.933. The minimum absolute atomic E-state index is 0.726. The quantitative estimate of drug-likeness (QED) is 0.201. The first-order valence-electron chi connectivity index (χ1n) is 8.27. The van der Waals surface area contributed by atoms with Crippen LogP contribution < -0.4 is 0 Å². The van der Waals surface area contributed by atoms with Crippen LogP contribution in [-0.4, -0.2) is 115 Å². The third kappa shape index (κ3) is 6.16. The summed E-state index contributed by atoms with van der Waals surface area (Å²) in [6.07, 6.45) is -15.7. The standard InChI is InChI=1S/C13H24O11.C2H6/c1-4(16)7(18)10(21)12(5(17)2-14)24-13-11(22)9(20)8(19)6(3-15)23-13;1-2/h5-15,17-22H,2-3H2,1H3;1-2H3. The van der Waals surface area contributed by atoms with E-state index in [9.17, 15) is 35.4 Å². The molecular weight excluding hydrogens is 356 g/mol. The molecule has 1 fully saturated rings. The highest BCUT2D eigenvalue weighted by Gasteiger charge is 2.47. The lowest BCUT2D eigenvalue weighted by Crippen LogP contribution is -2.61. The lowest BCUT2D eigenvalue weighted by molar-refractivity contribution is -0.326. The zero-order chi connectivity index (χ0) is 20.6. The third-order valence-electron chi connectivity index (χ3n) is 3.78. The second kappa shape index (κ2) is 11.9. The highest BCUT2D eigenvalue weighted by atomic mass is 16.7. The van der Waals surface area contributed by atoms with Crippen molar-refractivity contribution in [2.75, 3.05) is 13.2 Å². The van der Waals surface area contributed by atoms with Gasteiger partial charge >= 0.3 is 0 Å². The van der Waals surface area contributed by atoms with Crippen molar-refractivity contribution < 1.29 is 55.1 Å². The average Bonchev–Trinajstić information content (AvgIpc) is 2.65. The highest BCUT2D eigenvalue weighted by molar-refractivity contribution is 5.80. The Bertz CT molecular complexity index is 405. The molecule has 1 saturated heterocycles. The summed E-state index contributed by atoms with van der Waals surface area (Å²) in [5.74, 6) is -0.838. The number of Topliss-reactive ketones (excluding diaryl/α,β-unsaturated/α-hetero) is 1. The molecule has 0 aromatic carbocycles. The first kappa shape index (κ1) is 25.3. The monoisotopic (exact) mass is 386 g/mol. The van der Waals surface area contributed by atoms with Gasteiger partial charge in [-0.2, -0.15) is 0 Å². The van der Waals surface area contributed by atoms with E-state index in [2.05, 4.69) is 0 Å². The Morgan fingerprint density at radius 1 is 1.04 bits per heavy atom. The number of hydrogen-bond donors (Lipinski definition) is 8. The second-order valence-corrected chi connectivity index (χ2v) is 5.59. The van der Waals surface area contributed by atoms with Crippen molar-refractivity contribution in [3.8, 4) is 0 Å². The van der Waals surface area contributed by atoms with Gasteiger partial charge in [-0.25, -0.2) is 0 Å². The van der Waals surface area contributed by atoms with E-state index < -0.39 is 74.1 Å². The molecule has 0 saturated carbocycles. The van der Waals surface area contributed by atoms with Gasteiger partial charge in [0.05, 0.1) is 13.2 Å². The Balaban J connectivity index is 0.00000301. The number of rotatable bonds is 8. The minimum atomic E-state index is -1.97.